The van der Waals surface area contributed by atoms with Gasteiger partial charge in [0.25, 0.3) is 0 Å². The topological polar surface area (TPSA) is 293 Å². The van der Waals surface area contributed by atoms with E-state index in [1.807, 2.05) is 34.2 Å². The van der Waals surface area contributed by atoms with Crippen molar-refractivity contribution in [2.75, 3.05) is 71.4 Å². The SMILES string of the molecule is CCCCOC(=O)c1ccc(Nc2nc(NCCC[Si](C)(O)O[Si](C)(CCCNc3nc(Nc4ccc(C(=O)OCCCC)cc4)nc(Nc4ccc(C(=O)OCCCC)cc4)n3)O[Si](C)(C)C)nc(Nc3ccc(C(=O)OCCCC)cc3)n2)cc1. The zero-order valence-corrected chi connectivity index (χ0v) is 54.7. The molecule has 87 heavy (non-hydrogen) atoms. The molecule has 26 heteroatoms. The Labute approximate surface area is 514 Å². The van der Waals surface area contributed by atoms with E-state index in [9.17, 15) is 24.0 Å². The van der Waals surface area contributed by atoms with Crippen LogP contribution in [0.3, 0.4) is 0 Å². The Balaban J connectivity index is 1.11. The van der Waals surface area contributed by atoms with Crippen molar-refractivity contribution in [1.29, 1.82) is 0 Å². The van der Waals surface area contributed by atoms with Crippen molar-refractivity contribution in [1.82, 2.24) is 29.9 Å². The molecule has 0 bridgehead atoms. The second kappa shape index (κ2) is 34.5. The first kappa shape index (κ1) is 68.2. The maximum absolute atomic E-state index is 12.6. The van der Waals surface area contributed by atoms with Gasteiger partial charge in [0, 0.05) is 35.8 Å². The smallest absolute Gasteiger partial charge is 0.338 e. The first-order chi connectivity index (χ1) is 41.7. The van der Waals surface area contributed by atoms with Gasteiger partial charge in [0.05, 0.1) is 48.7 Å². The fourth-order valence-electron chi connectivity index (χ4n) is 8.49. The normalized spacial score (nSPS) is 12.6. The zero-order valence-electron chi connectivity index (χ0n) is 51.7. The minimum Gasteiger partial charge on any atom is -0.462 e. The van der Waals surface area contributed by atoms with Gasteiger partial charge >= 0.3 is 41.0 Å². The largest absolute Gasteiger partial charge is 0.462 e. The lowest BCUT2D eigenvalue weighted by atomic mass is 10.2. The van der Waals surface area contributed by atoms with Crippen molar-refractivity contribution in [3.63, 3.8) is 0 Å². The average Bonchev–Trinajstić information content (AvgIpc) is 3.67. The van der Waals surface area contributed by atoms with Crippen LogP contribution in [0, 0.1) is 0 Å². The summed E-state index contributed by atoms with van der Waals surface area (Å²) in [5.74, 6) is -0.171. The monoisotopic (exact) mass is 1250 g/mol. The molecule has 6 rings (SSSR count). The summed E-state index contributed by atoms with van der Waals surface area (Å²) >= 11 is 0. The number of hydrogen-bond donors (Lipinski definition) is 7. The number of nitrogens with zero attached hydrogens (tertiary/aromatic N) is 6. The van der Waals surface area contributed by atoms with Crippen LogP contribution in [-0.4, -0.2) is 124 Å². The molecule has 6 aromatic rings. The molecule has 2 atom stereocenters. The third-order valence-electron chi connectivity index (χ3n) is 12.9. The fourth-order valence-corrected chi connectivity index (χ4v) is 20.8. The molecule has 0 aliphatic rings. The Morgan fingerprint density at radius 3 is 0.908 bits per heavy atom. The highest BCUT2D eigenvalue weighted by Gasteiger charge is 2.43. The molecule has 0 spiro atoms. The number of nitrogens with one attached hydrogen (secondary N) is 6. The molecule has 0 radical (unpaired) electrons. The van der Waals surface area contributed by atoms with Gasteiger partial charge in [-0.3, -0.25) is 0 Å². The van der Waals surface area contributed by atoms with Crippen molar-refractivity contribution < 1.29 is 51.2 Å². The van der Waals surface area contributed by atoms with Crippen molar-refractivity contribution >= 4 is 108 Å². The molecule has 0 aliphatic carbocycles. The lowest BCUT2D eigenvalue weighted by molar-refractivity contribution is 0.0490. The van der Waals surface area contributed by atoms with Crippen LogP contribution in [0.5, 0.6) is 0 Å². The van der Waals surface area contributed by atoms with E-state index < -0.39 is 49.3 Å². The molecule has 0 saturated carbocycles. The summed E-state index contributed by atoms with van der Waals surface area (Å²) in [5.41, 5.74) is 4.18. The maximum Gasteiger partial charge on any atom is 0.338 e. The molecular weight excluding hydrogens is 1160 g/mol. The van der Waals surface area contributed by atoms with E-state index in [2.05, 4.69) is 81.4 Å². The number of carbonyl (C=O) groups excluding carboxylic acids is 4. The lowest BCUT2D eigenvalue weighted by Gasteiger charge is -2.38. The van der Waals surface area contributed by atoms with Crippen LogP contribution in [0.1, 0.15) is 133 Å². The van der Waals surface area contributed by atoms with Crippen LogP contribution in [0.15, 0.2) is 97.1 Å². The van der Waals surface area contributed by atoms with Crippen LogP contribution in [0.4, 0.5) is 58.4 Å². The number of carbonyl (C=O) groups is 4. The Bertz CT molecular complexity index is 2960. The third kappa shape index (κ3) is 24.4. The minimum absolute atomic E-state index is 0.216. The molecule has 0 amide bonds. The van der Waals surface area contributed by atoms with Crippen LogP contribution in [-0.2, 0) is 27.2 Å². The summed E-state index contributed by atoms with van der Waals surface area (Å²) in [6, 6.07) is 28.3. The highest BCUT2D eigenvalue weighted by molar-refractivity contribution is 6.86. The number of esters is 4. The van der Waals surface area contributed by atoms with E-state index in [0.717, 1.165) is 51.4 Å². The predicted molar refractivity (Wildman–Crippen MR) is 346 cm³/mol. The number of rotatable bonds is 38. The quantitative estimate of drug-likeness (QED) is 0.00820. The van der Waals surface area contributed by atoms with Crippen molar-refractivity contribution in [3.05, 3.63) is 119 Å². The van der Waals surface area contributed by atoms with Crippen LogP contribution in [0.2, 0.25) is 44.8 Å². The van der Waals surface area contributed by atoms with Gasteiger partial charge in [-0.25, -0.2) is 19.2 Å². The summed E-state index contributed by atoms with van der Waals surface area (Å²) in [5, 5.41) is 19.5. The molecule has 2 unspecified atom stereocenters. The molecule has 23 nitrogen and oxygen atoms in total. The van der Waals surface area contributed by atoms with Crippen LogP contribution in [0.25, 0.3) is 0 Å². The molecule has 0 aliphatic heterocycles. The first-order valence-corrected chi connectivity index (χ1v) is 38.5. The number of hydrogen-bond acceptors (Lipinski definition) is 23. The van der Waals surface area contributed by atoms with E-state index in [0.29, 0.717) is 109 Å². The van der Waals surface area contributed by atoms with Crippen molar-refractivity contribution in [2.24, 2.45) is 0 Å². The molecule has 468 valence electrons. The van der Waals surface area contributed by atoms with Crippen LogP contribution < -0.4 is 31.9 Å². The molecule has 4 aromatic carbocycles. The van der Waals surface area contributed by atoms with Gasteiger partial charge in [-0.1, -0.05) is 53.4 Å². The van der Waals surface area contributed by atoms with Crippen molar-refractivity contribution in [2.45, 2.75) is 137 Å². The van der Waals surface area contributed by atoms with E-state index >= 15 is 0 Å². The summed E-state index contributed by atoms with van der Waals surface area (Å²) in [6.07, 6.45) is 7.91. The highest BCUT2D eigenvalue weighted by Crippen LogP contribution is 2.28. The molecular formula is C61H86N12O11Si3. The maximum atomic E-state index is 12.6. The number of benzene rings is 4. The number of anilines is 10. The first-order valence-electron chi connectivity index (χ1n) is 30.0. The fraction of sp³-hybridized carbons (Fsp3) is 0.443. The second-order valence-corrected chi connectivity index (χ2v) is 33.5. The van der Waals surface area contributed by atoms with Gasteiger partial charge in [0.2, 0.25) is 35.7 Å². The van der Waals surface area contributed by atoms with Gasteiger partial charge in [-0.2, -0.15) is 29.9 Å². The highest BCUT2D eigenvalue weighted by atomic mass is 28.5. The van der Waals surface area contributed by atoms with E-state index in [1.165, 1.54) is 0 Å². The summed E-state index contributed by atoms with van der Waals surface area (Å²) in [4.78, 5) is 90.3. The average molecular weight is 1250 g/mol. The Morgan fingerprint density at radius 2 is 0.644 bits per heavy atom. The molecule has 7 N–H and O–H groups in total. The Kier molecular flexibility index (Phi) is 27.0. The minimum atomic E-state index is -3.34. The Morgan fingerprint density at radius 1 is 0.379 bits per heavy atom. The third-order valence-corrected chi connectivity index (χ3v) is 23.1. The lowest BCUT2D eigenvalue weighted by Crippen LogP contribution is -2.54. The molecule has 2 heterocycles. The van der Waals surface area contributed by atoms with Gasteiger partial charge < -0.3 is 63.9 Å². The van der Waals surface area contributed by atoms with Gasteiger partial charge in [-0.05, 0) is 180 Å². The van der Waals surface area contributed by atoms with Gasteiger partial charge in [0.1, 0.15) is 0 Å². The van der Waals surface area contributed by atoms with E-state index in [1.54, 1.807) is 104 Å². The predicted octanol–water partition coefficient (Wildman–Crippen LogP) is 13.2. The Hall–Kier alpha value is -7.89. The van der Waals surface area contributed by atoms with Crippen LogP contribution >= 0.6 is 0 Å². The molecule has 0 saturated heterocycles. The van der Waals surface area contributed by atoms with E-state index in [4.69, 9.17) is 27.2 Å². The zero-order chi connectivity index (χ0) is 62.7. The summed E-state index contributed by atoms with van der Waals surface area (Å²) in [7, 11) is -8.53. The second-order valence-electron chi connectivity index (χ2n) is 22.1. The van der Waals surface area contributed by atoms with Gasteiger partial charge in [-0.15, -0.1) is 0 Å². The standard InChI is InChI=1S/C61H86N12O11Si3/c1-10-14-38-79-52(74)44-20-28-48(29-21-44)64-58-68-56(69-59(72-58)65-49-30-22-45(23-31-49)53(75)80-39-15-11-2)62-36-18-42-86(8,78)84-87(9,83-85(5,6)7)43-19-37-63-57-70-60(66-50-32-24-46(25-33-50)54(76)81-40-16-12-3)73-61(71-57)67-51-34-26-47(27-35-51)55(77)82-41-17-13-4/h20-35,78H,10-19,36-43H2,1-9H3,(H3,62,64,65,68,69,72)(H3,63,66,67,70,71,73). The molecule has 0 fully saturated rings. The van der Waals surface area contributed by atoms with E-state index in [-0.39, 0.29) is 35.7 Å². The number of aromatic nitrogens is 6. The number of ether oxygens (including phenoxy) is 4. The number of unbranched alkanes of at least 4 members (excludes halogenated alkanes) is 4. The summed E-state index contributed by atoms with van der Waals surface area (Å²) in [6.45, 7) is 20.5. The van der Waals surface area contributed by atoms with Crippen molar-refractivity contribution in [3.8, 4) is 0 Å². The van der Waals surface area contributed by atoms with Gasteiger partial charge in [0.15, 0.2) is 8.32 Å². The molecule has 2 aromatic heterocycles. The summed E-state index contributed by atoms with van der Waals surface area (Å²) < 4.78 is 35.1.